The van der Waals surface area contributed by atoms with E-state index in [1.165, 1.54) is 6.42 Å². The second-order valence-electron chi connectivity index (χ2n) is 6.54. The van der Waals surface area contributed by atoms with Gasteiger partial charge in [-0.2, -0.15) is 0 Å². The first kappa shape index (κ1) is 12.9. The maximum absolute atomic E-state index is 5.87. The van der Waals surface area contributed by atoms with E-state index in [0.29, 0.717) is 18.1 Å². The predicted molar refractivity (Wildman–Crippen MR) is 75.3 cm³/mol. The number of fused-ring (bicyclic) bond motifs is 1. The number of anilines is 1. The molecule has 1 aromatic heterocycles. The van der Waals surface area contributed by atoms with Crippen molar-refractivity contribution in [3.63, 3.8) is 0 Å². The third kappa shape index (κ3) is 1.84. The molecule has 0 spiro atoms. The summed E-state index contributed by atoms with van der Waals surface area (Å²) >= 11 is 0. The normalized spacial score (nSPS) is 31.7. The van der Waals surface area contributed by atoms with Crippen LogP contribution in [0.3, 0.4) is 0 Å². The quantitative estimate of drug-likeness (QED) is 0.819. The Balaban J connectivity index is 1.89. The Morgan fingerprint density at radius 1 is 1.32 bits per heavy atom. The minimum Gasteiger partial charge on any atom is -0.377 e. The number of hydrogen-bond donors (Lipinski definition) is 0. The molecule has 0 radical (unpaired) electrons. The van der Waals surface area contributed by atoms with Crippen molar-refractivity contribution >= 4 is 5.82 Å². The Labute approximate surface area is 115 Å². The van der Waals surface area contributed by atoms with Crippen LogP contribution in [0.5, 0.6) is 0 Å². The maximum Gasteiger partial charge on any atom is 0.132 e. The highest BCUT2D eigenvalue weighted by molar-refractivity contribution is 5.43. The lowest BCUT2D eigenvalue weighted by atomic mass is 9.57. The molecule has 19 heavy (non-hydrogen) atoms. The molecular formula is C15H23N3O. The first-order valence-electron chi connectivity index (χ1n) is 7.08. The summed E-state index contributed by atoms with van der Waals surface area (Å²) in [5.41, 5.74) is 1.23. The molecule has 0 amide bonds. The van der Waals surface area contributed by atoms with Crippen molar-refractivity contribution in [2.45, 2.75) is 46.3 Å². The van der Waals surface area contributed by atoms with Gasteiger partial charge in [-0.25, -0.2) is 9.97 Å². The molecule has 1 aliphatic heterocycles. The number of hydrogen-bond acceptors (Lipinski definition) is 4. The van der Waals surface area contributed by atoms with Crippen molar-refractivity contribution in [1.29, 1.82) is 0 Å². The van der Waals surface area contributed by atoms with E-state index < -0.39 is 0 Å². The van der Waals surface area contributed by atoms with E-state index in [2.05, 4.69) is 41.8 Å². The first-order valence-corrected chi connectivity index (χ1v) is 7.08. The fourth-order valence-corrected chi connectivity index (χ4v) is 4.10. The van der Waals surface area contributed by atoms with Crippen LogP contribution in [-0.2, 0) is 4.74 Å². The van der Waals surface area contributed by atoms with Crippen LogP contribution in [0.15, 0.2) is 6.07 Å². The van der Waals surface area contributed by atoms with Gasteiger partial charge in [0.15, 0.2) is 0 Å². The van der Waals surface area contributed by atoms with Gasteiger partial charge in [0.25, 0.3) is 0 Å². The summed E-state index contributed by atoms with van der Waals surface area (Å²) in [6.45, 7) is 9.51. The number of ether oxygens (including phenoxy) is 1. The number of aromatic nitrogens is 2. The summed E-state index contributed by atoms with van der Waals surface area (Å²) in [6.07, 6.45) is 1.59. The standard InChI is InChI=1S/C15H23N3O/c1-9-8-12(17-10(2)16-9)18(5)13-11-6-7-19-14(11)15(13,3)4/h8,11,13-14H,6-7H2,1-5H3/t11-,13-,14+/m1/s1. The zero-order valence-electron chi connectivity index (χ0n) is 12.5. The molecule has 0 N–H and O–H groups in total. The Bertz CT molecular complexity index is 480. The SMILES string of the molecule is Cc1cc(N(C)[C@@H]2[C@H]3CCO[C@@H]3C2(C)C)nc(C)n1. The minimum atomic E-state index is 0.197. The molecule has 1 aromatic rings. The zero-order valence-corrected chi connectivity index (χ0v) is 12.5. The summed E-state index contributed by atoms with van der Waals surface area (Å²) in [7, 11) is 2.15. The smallest absolute Gasteiger partial charge is 0.132 e. The van der Waals surface area contributed by atoms with Crippen molar-refractivity contribution in [3.05, 3.63) is 17.6 Å². The molecular weight excluding hydrogens is 238 g/mol. The van der Waals surface area contributed by atoms with Gasteiger partial charge < -0.3 is 9.64 Å². The van der Waals surface area contributed by atoms with Crippen LogP contribution in [-0.4, -0.2) is 35.8 Å². The van der Waals surface area contributed by atoms with Crippen LogP contribution in [0.1, 0.15) is 31.8 Å². The van der Waals surface area contributed by atoms with E-state index in [0.717, 1.165) is 23.9 Å². The van der Waals surface area contributed by atoms with E-state index >= 15 is 0 Å². The van der Waals surface area contributed by atoms with Gasteiger partial charge in [0.1, 0.15) is 11.6 Å². The Hall–Kier alpha value is -1.16. The second kappa shape index (κ2) is 4.17. The molecule has 2 heterocycles. The van der Waals surface area contributed by atoms with Gasteiger partial charge in [0.2, 0.25) is 0 Å². The first-order chi connectivity index (χ1) is 8.91. The molecule has 104 valence electrons. The van der Waals surface area contributed by atoms with Crippen LogP contribution in [0.2, 0.25) is 0 Å². The highest BCUT2D eigenvalue weighted by atomic mass is 16.5. The Kier molecular flexibility index (Phi) is 2.82. The Morgan fingerprint density at radius 3 is 2.74 bits per heavy atom. The number of nitrogens with zero attached hydrogens (tertiary/aromatic N) is 3. The van der Waals surface area contributed by atoms with Gasteiger partial charge in [-0.1, -0.05) is 13.8 Å². The highest BCUT2D eigenvalue weighted by Crippen LogP contribution is 2.54. The average molecular weight is 261 g/mol. The van der Waals surface area contributed by atoms with E-state index in [1.807, 2.05) is 13.8 Å². The third-order valence-corrected chi connectivity index (χ3v) is 4.77. The van der Waals surface area contributed by atoms with Gasteiger partial charge in [0, 0.05) is 42.8 Å². The van der Waals surface area contributed by atoms with E-state index in [1.54, 1.807) is 0 Å². The lowest BCUT2D eigenvalue weighted by molar-refractivity contribution is -0.101. The number of rotatable bonds is 2. The van der Waals surface area contributed by atoms with Crippen molar-refractivity contribution in [2.75, 3.05) is 18.6 Å². The molecule has 1 saturated carbocycles. The molecule has 0 unspecified atom stereocenters. The average Bonchev–Trinajstić information content (AvgIpc) is 2.73. The van der Waals surface area contributed by atoms with Crippen LogP contribution in [0, 0.1) is 25.2 Å². The van der Waals surface area contributed by atoms with Crippen LogP contribution >= 0.6 is 0 Å². The molecule has 4 heteroatoms. The van der Waals surface area contributed by atoms with Gasteiger partial charge in [-0.3, -0.25) is 0 Å². The molecule has 3 rings (SSSR count). The van der Waals surface area contributed by atoms with Crippen molar-refractivity contribution in [1.82, 2.24) is 9.97 Å². The van der Waals surface area contributed by atoms with Crippen molar-refractivity contribution < 1.29 is 4.74 Å². The summed E-state index contributed by atoms with van der Waals surface area (Å²) in [6, 6.07) is 2.58. The van der Waals surface area contributed by atoms with Crippen LogP contribution in [0.25, 0.3) is 0 Å². The zero-order chi connectivity index (χ0) is 13.8. The molecule has 2 fully saturated rings. The van der Waals surface area contributed by atoms with Crippen molar-refractivity contribution in [2.24, 2.45) is 11.3 Å². The summed E-state index contributed by atoms with van der Waals surface area (Å²) < 4.78 is 5.87. The third-order valence-electron chi connectivity index (χ3n) is 4.77. The molecule has 1 aliphatic carbocycles. The Morgan fingerprint density at radius 2 is 2.05 bits per heavy atom. The predicted octanol–water partition coefficient (Wildman–Crippen LogP) is 2.34. The van der Waals surface area contributed by atoms with E-state index in [9.17, 15) is 0 Å². The molecule has 2 aliphatic rings. The largest absolute Gasteiger partial charge is 0.377 e. The van der Waals surface area contributed by atoms with Gasteiger partial charge >= 0.3 is 0 Å². The maximum atomic E-state index is 5.87. The van der Waals surface area contributed by atoms with E-state index in [4.69, 9.17) is 4.74 Å². The molecule has 3 atom stereocenters. The minimum absolute atomic E-state index is 0.197. The number of aryl methyl sites for hydroxylation is 2. The fourth-order valence-electron chi connectivity index (χ4n) is 4.10. The summed E-state index contributed by atoms with van der Waals surface area (Å²) in [4.78, 5) is 11.3. The lowest BCUT2D eigenvalue weighted by Gasteiger charge is -2.58. The monoisotopic (exact) mass is 261 g/mol. The summed E-state index contributed by atoms with van der Waals surface area (Å²) in [5, 5.41) is 0. The fraction of sp³-hybridized carbons (Fsp3) is 0.733. The van der Waals surface area contributed by atoms with Gasteiger partial charge in [0.05, 0.1) is 6.10 Å². The highest BCUT2D eigenvalue weighted by Gasteiger charge is 2.61. The molecule has 0 bridgehead atoms. The molecule has 4 nitrogen and oxygen atoms in total. The molecule has 1 saturated heterocycles. The molecule has 0 aromatic carbocycles. The summed E-state index contributed by atoms with van der Waals surface area (Å²) in [5.74, 6) is 2.53. The lowest BCUT2D eigenvalue weighted by Crippen LogP contribution is -2.66. The topological polar surface area (TPSA) is 38.2 Å². The van der Waals surface area contributed by atoms with Crippen LogP contribution in [0.4, 0.5) is 5.82 Å². The van der Waals surface area contributed by atoms with Crippen LogP contribution < -0.4 is 4.90 Å². The van der Waals surface area contributed by atoms with Gasteiger partial charge in [-0.15, -0.1) is 0 Å². The second-order valence-corrected chi connectivity index (χ2v) is 6.54. The van der Waals surface area contributed by atoms with E-state index in [-0.39, 0.29) is 5.41 Å². The van der Waals surface area contributed by atoms with Gasteiger partial charge in [-0.05, 0) is 20.3 Å². The van der Waals surface area contributed by atoms with Crippen molar-refractivity contribution in [3.8, 4) is 0 Å².